The first-order valence-electron chi connectivity index (χ1n) is 10.6. The molecule has 4 aromatic rings. The van der Waals surface area contributed by atoms with Crippen LogP contribution < -0.4 is 4.74 Å². The van der Waals surface area contributed by atoms with Crippen LogP contribution in [0.3, 0.4) is 0 Å². The van der Waals surface area contributed by atoms with E-state index < -0.39 is 0 Å². The Morgan fingerprint density at radius 1 is 1.09 bits per heavy atom. The molecule has 0 aliphatic rings. The van der Waals surface area contributed by atoms with Crippen LogP contribution in [0, 0.1) is 6.92 Å². The maximum atomic E-state index is 11.2. The zero-order chi connectivity index (χ0) is 22.5. The molecule has 5 nitrogen and oxygen atoms in total. The summed E-state index contributed by atoms with van der Waals surface area (Å²) in [6.45, 7) is 2.69. The summed E-state index contributed by atoms with van der Waals surface area (Å²) in [4.78, 5) is 17.2. The molecule has 2 aromatic carbocycles. The zero-order valence-electron chi connectivity index (χ0n) is 18.1. The van der Waals surface area contributed by atoms with E-state index in [-0.39, 0.29) is 5.97 Å². The number of esters is 1. The van der Waals surface area contributed by atoms with Gasteiger partial charge in [-0.1, -0.05) is 17.7 Å². The normalized spacial score (nSPS) is 11.1. The summed E-state index contributed by atoms with van der Waals surface area (Å²) in [5.41, 5.74) is 4.22. The SMILES string of the molecule is COC(=O)CCCCCOc1ccc2nc(-c3cc(Br)cs3)n(-c3ccc(C)cc3)c2c1. The molecule has 0 spiro atoms. The van der Waals surface area contributed by atoms with Crippen LogP contribution in [-0.2, 0) is 9.53 Å². The fourth-order valence-electron chi connectivity index (χ4n) is 3.54. The number of fused-ring (bicyclic) bond motifs is 1. The van der Waals surface area contributed by atoms with Crippen molar-refractivity contribution < 1.29 is 14.3 Å². The van der Waals surface area contributed by atoms with Gasteiger partial charge in [-0.3, -0.25) is 9.36 Å². The number of imidazole rings is 1. The van der Waals surface area contributed by atoms with E-state index >= 15 is 0 Å². The largest absolute Gasteiger partial charge is 0.494 e. The quantitative estimate of drug-likeness (QED) is 0.180. The van der Waals surface area contributed by atoms with Crippen LogP contribution >= 0.6 is 27.3 Å². The Kier molecular flexibility index (Phi) is 7.27. The van der Waals surface area contributed by atoms with E-state index in [0.29, 0.717) is 13.0 Å². The van der Waals surface area contributed by atoms with E-state index in [1.807, 2.05) is 12.1 Å². The van der Waals surface area contributed by atoms with E-state index in [0.717, 1.165) is 56.9 Å². The first-order valence-corrected chi connectivity index (χ1v) is 12.3. The molecule has 0 saturated heterocycles. The summed E-state index contributed by atoms with van der Waals surface area (Å²) in [6.07, 6.45) is 3.09. The molecule has 2 heterocycles. The lowest BCUT2D eigenvalue weighted by atomic mass is 10.2. The fourth-order valence-corrected chi connectivity index (χ4v) is 4.94. The number of aryl methyl sites for hydroxylation is 1. The monoisotopic (exact) mass is 512 g/mol. The summed E-state index contributed by atoms with van der Waals surface area (Å²) in [5.74, 6) is 1.58. The number of unbranched alkanes of at least 4 members (excludes halogenated alkanes) is 2. The summed E-state index contributed by atoms with van der Waals surface area (Å²) >= 11 is 5.23. The highest BCUT2D eigenvalue weighted by atomic mass is 79.9. The molecule has 0 N–H and O–H groups in total. The second-order valence-electron chi connectivity index (χ2n) is 7.62. The van der Waals surface area contributed by atoms with Gasteiger partial charge in [0.2, 0.25) is 0 Å². The lowest BCUT2D eigenvalue weighted by molar-refractivity contribution is -0.140. The van der Waals surface area contributed by atoms with Crippen LogP contribution in [0.25, 0.3) is 27.4 Å². The van der Waals surface area contributed by atoms with Crippen molar-refractivity contribution in [2.24, 2.45) is 0 Å². The van der Waals surface area contributed by atoms with E-state index in [2.05, 4.69) is 73.9 Å². The molecule has 0 saturated carbocycles. The molecular weight excluding hydrogens is 488 g/mol. The van der Waals surface area contributed by atoms with Gasteiger partial charge in [0.25, 0.3) is 0 Å². The fraction of sp³-hybridized carbons (Fsp3) is 0.280. The smallest absolute Gasteiger partial charge is 0.305 e. The molecule has 0 amide bonds. The van der Waals surface area contributed by atoms with Gasteiger partial charge < -0.3 is 9.47 Å². The van der Waals surface area contributed by atoms with Crippen molar-refractivity contribution in [2.45, 2.75) is 32.6 Å². The first kappa shape index (κ1) is 22.6. The molecule has 0 bridgehead atoms. The lowest BCUT2D eigenvalue weighted by Crippen LogP contribution is -2.01. The van der Waals surface area contributed by atoms with E-state index in [1.54, 1.807) is 11.3 Å². The number of nitrogens with zero attached hydrogens (tertiary/aromatic N) is 2. The highest BCUT2D eigenvalue weighted by molar-refractivity contribution is 9.10. The van der Waals surface area contributed by atoms with Gasteiger partial charge in [-0.05, 0) is 72.4 Å². The Bertz CT molecular complexity index is 1210. The van der Waals surface area contributed by atoms with Crippen molar-refractivity contribution >= 4 is 44.3 Å². The Hall–Kier alpha value is -2.64. The van der Waals surface area contributed by atoms with Gasteiger partial charge in [-0.15, -0.1) is 11.3 Å². The number of ether oxygens (including phenoxy) is 2. The lowest BCUT2D eigenvalue weighted by Gasteiger charge is -2.10. The van der Waals surface area contributed by atoms with Crippen LogP contribution in [-0.4, -0.2) is 29.2 Å². The third-order valence-electron chi connectivity index (χ3n) is 5.23. The topological polar surface area (TPSA) is 53.4 Å². The van der Waals surface area contributed by atoms with Crippen molar-refractivity contribution in [3.05, 3.63) is 63.9 Å². The Morgan fingerprint density at radius 3 is 2.62 bits per heavy atom. The van der Waals surface area contributed by atoms with Crippen molar-refractivity contribution in [1.29, 1.82) is 0 Å². The molecule has 166 valence electrons. The Labute approximate surface area is 200 Å². The number of hydrogen-bond donors (Lipinski definition) is 0. The summed E-state index contributed by atoms with van der Waals surface area (Å²) in [5, 5.41) is 2.07. The average Bonchev–Trinajstić information content (AvgIpc) is 3.39. The highest BCUT2D eigenvalue weighted by Gasteiger charge is 2.16. The molecule has 0 atom stereocenters. The minimum atomic E-state index is -0.158. The minimum Gasteiger partial charge on any atom is -0.494 e. The third-order valence-corrected chi connectivity index (χ3v) is 6.91. The second kappa shape index (κ2) is 10.3. The highest BCUT2D eigenvalue weighted by Crippen LogP contribution is 2.35. The van der Waals surface area contributed by atoms with Crippen LogP contribution in [0.5, 0.6) is 5.75 Å². The molecule has 0 radical (unpaired) electrons. The van der Waals surface area contributed by atoms with Crippen molar-refractivity contribution in [1.82, 2.24) is 9.55 Å². The second-order valence-corrected chi connectivity index (χ2v) is 9.45. The summed E-state index contributed by atoms with van der Waals surface area (Å²) < 4.78 is 13.9. The number of carbonyl (C=O) groups excluding carboxylic acids is 1. The molecule has 4 rings (SSSR count). The number of halogens is 1. The molecule has 32 heavy (non-hydrogen) atoms. The summed E-state index contributed by atoms with van der Waals surface area (Å²) in [7, 11) is 1.42. The molecular formula is C25H25BrN2O3S. The maximum Gasteiger partial charge on any atom is 0.305 e. The van der Waals surface area contributed by atoms with E-state index in [9.17, 15) is 4.79 Å². The number of methoxy groups -OCH3 is 1. The van der Waals surface area contributed by atoms with Gasteiger partial charge in [0, 0.05) is 28.0 Å². The van der Waals surface area contributed by atoms with Crippen molar-refractivity contribution in [3.63, 3.8) is 0 Å². The molecule has 0 aliphatic heterocycles. The molecule has 0 unspecified atom stereocenters. The molecule has 0 aliphatic carbocycles. The maximum absolute atomic E-state index is 11.2. The predicted molar refractivity (Wildman–Crippen MR) is 133 cm³/mol. The predicted octanol–water partition coefficient (Wildman–Crippen LogP) is 6.94. The van der Waals surface area contributed by atoms with Gasteiger partial charge in [-0.25, -0.2) is 4.98 Å². The van der Waals surface area contributed by atoms with Gasteiger partial charge >= 0.3 is 5.97 Å². The van der Waals surface area contributed by atoms with Crippen LogP contribution in [0.2, 0.25) is 0 Å². The van der Waals surface area contributed by atoms with E-state index in [1.165, 1.54) is 12.7 Å². The molecule has 7 heteroatoms. The number of rotatable bonds is 9. The number of benzene rings is 2. The molecule has 2 aromatic heterocycles. The number of aromatic nitrogens is 2. The van der Waals surface area contributed by atoms with Crippen molar-refractivity contribution in [3.8, 4) is 22.1 Å². The van der Waals surface area contributed by atoms with E-state index in [4.69, 9.17) is 9.72 Å². The van der Waals surface area contributed by atoms with Gasteiger partial charge in [0.1, 0.15) is 5.75 Å². The third kappa shape index (κ3) is 5.22. The average molecular weight is 513 g/mol. The van der Waals surface area contributed by atoms with Gasteiger partial charge in [0.05, 0.1) is 29.6 Å². The Morgan fingerprint density at radius 2 is 1.91 bits per heavy atom. The van der Waals surface area contributed by atoms with Crippen LogP contribution in [0.1, 0.15) is 31.2 Å². The van der Waals surface area contributed by atoms with Gasteiger partial charge in [0.15, 0.2) is 5.82 Å². The minimum absolute atomic E-state index is 0.158. The molecule has 0 fully saturated rings. The first-order chi connectivity index (χ1) is 15.5. The van der Waals surface area contributed by atoms with Crippen molar-refractivity contribution in [2.75, 3.05) is 13.7 Å². The zero-order valence-corrected chi connectivity index (χ0v) is 20.5. The van der Waals surface area contributed by atoms with Gasteiger partial charge in [-0.2, -0.15) is 0 Å². The van der Waals surface area contributed by atoms with Crippen LogP contribution in [0.15, 0.2) is 58.4 Å². The summed E-state index contributed by atoms with van der Waals surface area (Å²) in [6, 6.07) is 16.6. The standard InChI is InChI=1S/C25H25BrN2O3S/c1-17-7-9-19(10-8-17)28-22-15-20(31-13-5-3-4-6-24(29)30-2)11-12-21(22)27-25(28)23-14-18(26)16-32-23/h7-12,14-16H,3-6,13H2,1-2H3. The Balaban J connectivity index is 1.58. The number of carbonyl (C=O) groups is 1. The number of hydrogen-bond acceptors (Lipinski definition) is 5. The van der Waals surface area contributed by atoms with Crippen LogP contribution in [0.4, 0.5) is 0 Å². The number of thiophene rings is 1.